The molecule has 3 aliphatic rings. The van der Waals surface area contributed by atoms with Crippen LogP contribution in [0.3, 0.4) is 0 Å². The van der Waals surface area contributed by atoms with Gasteiger partial charge >= 0.3 is 0 Å². The maximum atomic E-state index is 6.45. The van der Waals surface area contributed by atoms with Crippen molar-refractivity contribution in [1.29, 1.82) is 0 Å². The maximum Gasteiger partial charge on any atom is 0.137 e. The van der Waals surface area contributed by atoms with Crippen LogP contribution in [0.5, 0.6) is 0 Å². The lowest BCUT2D eigenvalue weighted by Gasteiger charge is -2.30. The highest BCUT2D eigenvalue weighted by Crippen LogP contribution is 2.40. The van der Waals surface area contributed by atoms with Gasteiger partial charge in [-0.25, -0.2) is 0 Å². The Balaban J connectivity index is 1.26. The van der Waals surface area contributed by atoms with Crippen molar-refractivity contribution in [1.82, 2.24) is 4.57 Å². The van der Waals surface area contributed by atoms with E-state index in [-0.39, 0.29) is 0 Å². The molecule has 2 aromatic heterocycles. The number of furan rings is 1. The number of para-hydroxylation sites is 1. The molecule has 1 unspecified atom stereocenters. The first-order chi connectivity index (χ1) is 26.1. The van der Waals surface area contributed by atoms with E-state index in [1.54, 1.807) is 0 Å². The number of anilines is 1. The summed E-state index contributed by atoms with van der Waals surface area (Å²) in [5.41, 5.74) is 14.0. The highest BCUT2D eigenvalue weighted by atomic mass is 16.3. The monoisotopic (exact) mass is 692 g/mol. The minimum Gasteiger partial charge on any atom is -0.456 e. The number of fused-ring (bicyclic) bond motifs is 6. The fourth-order valence-electron chi connectivity index (χ4n) is 8.21. The summed E-state index contributed by atoms with van der Waals surface area (Å²) in [7, 11) is 0. The second-order valence-corrected chi connectivity index (χ2v) is 14.1. The van der Waals surface area contributed by atoms with Crippen molar-refractivity contribution >= 4 is 55.9 Å². The van der Waals surface area contributed by atoms with E-state index in [1.807, 2.05) is 12.1 Å². The quantitative estimate of drug-likeness (QED) is 0.136. The largest absolute Gasteiger partial charge is 0.456 e. The minimum absolute atomic E-state index is 0.409. The van der Waals surface area contributed by atoms with E-state index in [0.717, 1.165) is 83.1 Å². The fourth-order valence-corrected chi connectivity index (χ4v) is 8.21. The van der Waals surface area contributed by atoms with E-state index < -0.39 is 0 Å². The minimum atomic E-state index is 0.409. The lowest BCUT2D eigenvalue weighted by Crippen LogP contribution is -2.22. The summed E-state index contributed by atoms with van der Waals surface area (Å²) in [4.78, 5) is 2.42. The van der Waals surface area contributed by atoms with Gasteiger partial charge in [0, 0.05) is 68.6 Å². The Hall–Kier alpha value is -5.80. The molecule has 0 bridgehead atoms. The van der Waals surface area contributed by atoms with Crippen LogP contribution in [0.15, 0.2) is 168 Å². The van der Waals surface area contributed by atoms with Gasteiger partial charge in [-0.1, -0.05) is 124 Å². The molecule has 3 nitrogen and oxygen atoms in total. The second kappa shape index (κ2) is 15.0. The van der Waals surface area contributed by atoms with Gasteiger partial charge in [0.05, 0.1) is 5.52 Å². The van der Waals surface area contributed by atoms with Gasteiger partial charge in [-0.15, -0.1) is 0 Å². The van der Waals surface area contributed by atoms with E-state index in [9.17, 15) is 0 Å². The van der Waals surface area contributed by atoms with Gasteiger partial charge < -0.3 is 13.9 Å². The summed E-state index contributed by atoms with van der Waals surface area (Å²) in [5.74, 6) is 0.409. The standard InChI is InChI=1S/C50H48N2O/c1-5-16-36(7-3)38-24-28-40(29-25-38)51(41-30-26-39(27-31-41)37-18-10-8-11-19-37)35(4)32-42(17-6-2)52-47-22-13-9-12-20-43(47)45-33-46-44-21-14-15-23-49(44)53-50(46)34-48(45)52/h7,9-10,12-21,23-26,28-34,39H,3,5-6,8,11,22,27H2,1-2,4H3. The summed E-state index contributed by atoms with van der Waals surface area (Å²) in [6.07, 6.45) is 37.9. The van der Waals surface area contributed by atoms with Crippen molar-refractivity contribution in [2.45, 2.75) is 59.3 Å². The SMILES string of the molecule is C=CC(=CCC)c1ccc(N(C(C)=CC(=CCC)n2c3c(c4cc5c(cc42)oc2ccccc25)C=CC=CC3)C2=CCC(C3=CCCC=C3)C=C2)cc1. The average molecular weight is 693 g/mol. The first kappa shape index (κ1) is 34.3. The van der Waals surface area contributed by atoms with Gasteiger partial charge in [-0.2, -0.15) is 0 Å². The number of rotatable bonds is 10. The number of hydrogen-bond acceptors (Lipinski definition) is 2. The first-order valence-corrected chi connectivity index (χ1v) is 19.3. The molecule has 2 heterocycles. The molecule has 3 heteroatoms. The van der Waals surface area contributed by atoms with Crippen molar-refractivity contribution in [3.8, 4) is 0 Å². The summed E-state index contributed by atoms with van der Waals surface area (Å²) in [5, 5.41) is 3.55. The number of hydrogen-bond donors (Lipinski definition) is 0. The van der Waals surface area contributed by atoms with Crippen LogP contribution in [0.4, 0.5) is 5.69 Å². The Morgan fingerprint density at radius 3 is 2.47 bits per heavy atom. The van der Waals surface area contributed by atoms with Crippen molar-refractivity contribution in [3.05, 3.63) is 180 Å². The highest BCUT2D eigenvalue weighted by Gasteiger charge is 2.23. The molecular weight excluding hydrogens is 645 g/mol. The number of allylic oxidation sites excluding steroid dienone is 17. The van der Waals surface area contributed by atoms with Gasteiger partial charge in [0.15, 0.2) is 0 Å². The zero-order valence-electron chi connectivity index (χ0n) is 31.2. The number of nitrogens with zero attached hydrogens (tertiary/aromatic N) is 2. The predicted molar refractivity (Wildman–Crippen MR) is 229 cm³/mol. The van der Waals surface area contributed by atoms with Crippen LogP contribution in [0, 0.1) is 5.92 Å². The predicted octanol–water partition coefficient (Wildman–Crippen LogP) is 14.0. The lowest BCUT2D eigenvalue weighted by atomic mass is 9.88. The molecule has 0 fully saturated rings. The Morgan fingerprint density at radius 1 is 0.868 bits per heavy atom. The molecule has 0 spiro atoms. The van der Waals surface area contributed by atoms with Crippen LogP contribution in [0.25, 0.3) is 50.2 Å². The van der Waals surface area contributed by atoms with Gasteiger partial charge in [-0.05, 0) is 92.2 Å². The van der Waals surface area contributed by atoms with E-state index in [0.29, 0.717) is 5.92 Å². The topological polar surface area (TPSA) is 21.3 Å². The third-order valence-corrected chi connectivity index (χ3v) is 10.7. The summed E-state index contributed by atoms with van der Waals surface area (Å²) < 4.78 is 8.92. The average Bonchev–Trinajstić information content (AvgIpc) is 3.59. The Morgan fingerprint density at radius 2 is 1.72 bits per heavy atom. The van der Waals surface area contributed by atoms with Gasteiger partial charge in [0.2, 0.25) is 0 Å². The molecule has 3 aliphatic carbocycles. The Kier molecular flexibility index (Phi) is 9.74. The first-order valence-electron chi connectivity index (χ1n) is 19.3. The van der Waals surface area contributed by atoms with Crippen molar-refractivity contribution in [2.75, 3.05) is 4.90 Å². The molecule has 0 amide bonds. The normalized spacial score (nSPS) is 17.7. The van der Waals surface area contributed by atoms with Crippen LogP contribution in [-0.2, 0) is 6.42 Å². The summed E-state index contributed by atoms with van der Waals surface area (Å²) in [6, 6.07) is 21.9. The number of benzene rings is 3. The smallest absolute Gasteiger partial charge is 0.137 e. The summed E-state index contributed by atoms with van der Waals surface area (Å²) in [6.45, 7) is 10.7. The van der Waals surface area contributed by atoms with Crippen LogP contribution >= 0.6 is 0 Å². The van der Waals surface area contributed by atoms with Gasteiger partial charge in [0.1, 0.15) is 11.2 Å². The third kappa shape index (κ3) is 6.57. The molecule has 0 N–H and O–H groups in total. The molecule has 1 atom stereocenters. The molecule has 53 heavy (non-hydrogen) atoms. The molecule has 0 saturated heterocycles. The molecular formula is C50H48N2O. The number of aromatic nitrogens is 1. The zero-order chi connectivity index (χ0) is 36.3. The van der Waals surface area contributed by atoms with Crippen molar-refractivity contribution in [3.63, 3.8) is 0 Å². The van der Waals surface area contributed by atoms with Crippen LogP contribution in [0.1, 0.15) is 69.7 Å². The molecule has 0 radical (unpaired) electrons. The molecule has 5 aromatic rings. The highest BCUT2D eigenvalue weighted by molar-refractivity contribution is 6.12. The van der Waals surface area contributed by atoms with Crippen LogP contribution in [-0.4, -0.2) is 4.57 Å². The third-order valence-electron chi connectivity index (χ3n) is 10.7. The Bertz CT molecular complexity index is 2490. The van der Waals surface area contributed by atoms with Crippen LogP contribution in [0.2, 0.25) is 0 Å². The zero-order valence-corrected chi connectivity index (χ0v) is 31.2. The van der Waals surface area contributed by atoms with E-state index >= 15 is 0 Å². The molecule has 0 aliphatic heterocycles. The van der Waals surface area contributed by atoms with Gasteiger partial charge in [0.25, 0.3) is 0 Å². The van der Waals surface area contributed by atoms with E-state index in [4.69, 9.17) is 4.42 Å². The second-order valence-electron chi connectivity index (χ2n) is 14.1. The molecule has 264 valence electrons. The fraction of sp³-hybridized carbons (Fsp3) is 0.200. The Labute approximate surface area is 314 Å². The molecule has 3 aromatic carbocycles. The van der Waals surface area contributed by atoms with E-state index in [2.05, 4.69) is 170 Å². The molecule has 0 saturated carbocycles. The lowest BCUT2D eigenvalue weighted by molar-refractivity contribution is 0.669. The molecule has 8 rings (SSSR count). The summed E-state index contributed by atoms with van der Waals surface area (Å²) >= 11 is 0. The van der Waals surface area contributed by atoms with E-state index in [1.165, 1.54) is 39.1 Å². The maximum absolute atomic E-state index is 6.45. The van der Waals surface area contributed by atoms with Crippen molar-refractivity contribution < 1.29 is 4.42 Å². The van der Waals surface area contributed by atoms with Crippen LogP contribution < -0.4 is 4.90 Å². The van der Waals surface area contributed by atoms with Gasteiger partial charge in [-0.3, -0.25) is 0 Å². The van der Waals surface area contributed by atoms with Crippen molar-refractivity contribution in [2.24, 2.45) is 5.92 Å².